The van der Waals surface area contributed by atoms with E-state index in [0.717, 1.165) is 30.8 Å². The van der Waals surface area contributed by atoms with Gasteiger partial charge in [-0.2, -0.15) is 0 Å². The molecule has 0 atom stereocenters. The molecule has 144 valence electrons. The number of nitrogens with one attached hydrogen (secondary N) is 1. The van der Waals surface area contributed by atoms with Crippen molar-refractivity contribution < 1.29 is 13.2 Å². The van der Waals surface area contributed by atoms with E-state index in [9.17, 15) is 13.2 Å². The first-order valence-electron chi connectivity index (χ1n) is 9.11. The lowest BCUT2D eigenvalue weighted by molar-refractivity contribution is 0.102. The maximum atomic E-state index is 12.7. The molecule has 6 heteroatoms. The van der Waals surface area contributed by atoms with Crippen LogP contribution in [-0.4, -0.2) is 39.1 Å². The number of amides is 1. The zero-order valence-corrected chi connectivity index (χ0v) is 17.1. The van der Waals surface area contributed by atoms with E-state index in [1.807, 2.05) is 26.0 Å². The second-order valence-electron chi connectivity index (χ2n) is 7.60. The minimum absolute atomic E-state index is 0.0597. The van der Waals surface area contributed by atoms with Crippen molar-refractivity contribution in [2.45, 2.75) is 37.6 Å². The number of nitrogens with zero attached hydrogens (tertiary/aromatic N) is 1. The SMILES string of the molecule is CC(C)c1ccc(C(=O)Nc2ccc3c(c2)CN(C)CC3)cc1S(C)(=O)=O. The first kappa shape index (κ1) is 19.6. The molecule has 0 saturated heterocycles. The third kappa shape index (κ3) is 4.39. The van der Waals surface area contributed by atoms with Crippen LogP contribution in [0, 0.1) is 0 Å². The van der Waals surface area contributed by atoms with Crippen molar-refractivity contribution in [2.24, 2.45) is 0 Å². The number of likely N-dealkylation sites (N-methyl/N-ethyl adjacent to an activating group) is 1. The van der Waals surface area contributed by atoms with Crippen LogP contribution in [-0.2, 0) is 22.8 Å². The highest BCUT2D eigenvalue weighted by Crippen LogP contribution is 2.26. The van der Waals surface area contributed by atoms with Crippen LogP contribution in [0.3, 0.4) is 0 Å². The second kappa shape index (κ2) is 7.44. The number of hydrogen-bond donors (Lipinski definition) is 1. The maximum Gasteiger partial charge on any atom is 0.255 e. The highest BCUT2D eigenvalue weighted by molar-refractivity contribution is 7.90. The minimum atomic E-state index is -3.41. The van der Waals surface area contributed by atoms with Gasteiger partial charge in [-0.1, -0.05) is 26.0 Å². The van der Waals surface area contributed by atoms with Gasteiger partial charge in [0, 0.05) is 30.6 Å². The van der Waals surface area contributed by atoms with Gasteiger partial charge in [-0.15, -0.1) is 0 Å². The number of sulfone groups is 1. The van der Waals surface area contributed by atoms with E-state index in [2.05, 4.69) is 23.3 Å². The largest absolute Gasteiger partial charge is 0.322 e. The zero-order valence-electron chi connectivity index (χ0n) is 16.2. The second-order valence-corrected chi connectivity index (χ2v) is 9.59. The molecule has 2 aromatic rings. The normalized spacial score (nSPS) is 14.9. The summed E-state index contributed by atoms with van der Waals surface area (Å²) in [6.07, 6.45) is 2.18. The van der Waals surface area contributed by atoms with E-state index in [1.54, 1.807) is 12.1 Å². The highest BCUT2D eigenvalue weighted by Gasteiger charge is 2.19. The van der Waals surface area contributed by atoms with Gasteiger partial charge in [0.2, 0.25) is 0 Å². The summed E-state index contributed by atoms with van der Waals surface area (Å²) in [6, 6.07) is 10.9. The molecule has 1 aliphatic heterocycles. The van der Waals surface area contributed by atoms with Gasteiger partial charge in [-0.3, -0.25) is 4.79 Å². The Morgan fingerprint density at radius 2 is 1.85 bits per heavy atom. The van der Waals surface area contributed by atoms with Crippen molar-refractivity contribution in [1.82, 2.24) is 4.90 Å². The van der Waals surface area contributed by atoms with Crippen LogP contribution in [0.15, 0.2) is 41.3 Å². The first-order valence-corrected chi connectivity index (χ1v) is 11.0. The molecule has 1 N–H and O–H groups in total. The van der Waals surface area contributed by atoms with E-state index >= 15 is 0 Å². The van der Waals surface area contributed by atoms with E-state index in [0.29, 0.717) is 5.56 Å². The quantitative estimate of drug-likeness (QED) is 0.874. The summed E-state index contributed by atoms with van der Waals surface area (Å²) < 4.78 is 24.3. The van der Waals surface area contributed by atoms with Crippen molar-refractivity contribution in [3.8, 4) is 0 Å². The van der Waals surface area contributed by atoms with Crippen LogP contribution >= 0.6 is 0 Å². The number of anilines is 1. The fraction of sp³-hybridized carbons (Fsp3) is 0.381. The lowest BCUT2D eigenvalue weighted by atomic mass is 9.99. The van der Waals surface area contributed by atoms with E-state index < -0.39 is 9.84 Å². The van der Waals surface area contributed by atoms with Gasteiger partial charge in [-0.05, 0) is 60.3 Å². The third-order valence-electron chi connectivity index (χ3n) is 4.96. The summed E-state index contributed by atoms with van der Waals surface area (Å²) in [5.41, 5.74) is 4.32. The molecular weight excluding hydrogens is 360 g/mol. The lowest BCUT2D eigenvalue weighted by Gasteiger charge is -2.25. The van der Waals surface area contributed by atoms with Gasteiger partial charge >= 0.3 is 0 Å². The Balaban J connectivity index is 1.88. The van der Waals surface area contributed by atoms with Crippen LogP contribution in [0.2, 0.25) is 0 Å². The lowest BCUT2D eigenvalue weighted by Crippen LogP contribution is -2.26. The van der Waals surface area contributed by atoms with Gasteiger partial charge in [0.1, 0.15) is 0 Å². The molecule has 0 radical (unpaired) electrons. The summed E-state index contributed by atoms with van der Waals surface area (Å²) in [4.78, 5) is 15.2. The Labute approximate surface area is 161 Å². The van der Waals surface area contributed by atoms with Crippen LogP contribution < -0.4 is 5.32 Å². The molecule has 2 aromatic carbocycles. The molecule has 0 aromatic heterocycles. The number of carbonyl (C=O) groups is 1. The molecule has 1 heterocycles. The molecular formula is C21H26N2O3S. The summed E-state index contributed by atoms with van der Waals surface area (Å²) in [7, 11) is -1.33. The topological polar surface area (TPSA) is 66.5 Å². The number of carbonyl (C=O) groups excluding carboxylic acids is 1. The van der Waals surface area contributed by atoms with Crippen molar-refractivity contribution in [1.29, 1.82) is 0 Å². The van der Waals surface area contributed by atoms with E-state index in [-0.39, 0.29) is 16.7 Å². The van der Waals surface area contributed by atoms with Gasteiger partial charge in [-0.25, -0.2) is 8.42 Å². The standard InChI is InChI=1S/C21H26N2O3S/c1-14(2)19-8-6-16(12-20(19)27(4,25)26)21(24)22-18-7-5-15-9-10-23(3)13-17(15)11-18/h5-8,11-12,14H,9-10,13H2,1-4H3,(H,22,24). The summed E-state index contributed by atoms with van der Waals surface area (Å²) in [6.45, 7) is 5.78. The fourth-order valence-electron chi connectivity index (χ4n) is 3.45. The summed E-state index contributed by atoms with van der Waals surface area (Å²) >= 11 is 0. The molecule has 3 rings (SSSR count). The molecule has 0 fully saturated rings. The first-order chi connectivity index (χ1) is 12.6. The Kier molecular flexibility index (Phi) is 5.40. The maximum absolute atomic E-state index is 12.7. The Morgan fingerprint density at radius 1 is 1.11 bits per heavy atom. The van der Waals surface area contributed by atoms with Gasteiger partial charge in [0.15, 0.2) is 9.84 Å². The van der Waals surface area contributed by atoms with Crippen molar-refractivity contribution in [3.05, 3.63) is 58.7 Å². The van der Waals surface area contributed by atoms with Crippen molar-refractivity contribution in [2.75, 3.05) is 25.2 Å². The predicted molar refractivity (Wildman–Crippen MR) is 108 cm³/mol. The average molecular weight is 387 g/mol. The molecule has 0 saturated carbocycles. The molecule has 0 spiro atoms. The number of hydrogen-bond acceptors (Lipinski definition) is 4. The van der Waals surface area contributed by atoms with Crippen LogP contribution in [0.25, 0.3) is 0 Å². The number of benzene rings is 2. The number of rotatable bonds is 4. The van der Waals surface area contributed by atoms with Crippen LogP contribution in [0.5, 0.6) is 0 Å². The average Bonchev–Trinajstić information content (AvgIpc) is 2.60. The van der Waals surface area contributed by atoms with Gasteiger partial charge in [0.05, 0.1) is 4.90 Å². The molecule has 1 amide bonds. The predicted octanol–water partition coefficient (Wildman–Crippen LogP) is 3.45. The zero-order chi connectivity index (χ0) is 19.8. The van der Waals surface area contributed by atoms with Crippen LogP contribution in [0.1, 0.15) is 46.8 Å². The van der Waals surface area contributed by atoms with Crippen LogP contribution in [0.4, 0.5) is 5.69 Å². The smallest absolute Gasteiger partial charge is 0.255 e. The molecule has 5 nitrogen and oxygen atoms in total. The molecule has 0 unspecified atom stereocenters. The summed E-state index contributed by atoms with van der Waals surface area (Å²) in [5.74, 6) is -0.246. The highest BCUT2D eigenvalue weighted by atomic mass is 32.2. The number of fused-ring (bicyclic) bond motifs is 1. The Bertz CT molecular complexity index is 981. The van der Waals surface area contributed by atoms with Crippen molar-refractivity contribution in [3.63, 3.8) is 0 Å². The molecule has 0 bridgehead atoms. The molecule has 0 aliphatic carbocycles. The monoisotopic (exact) mass is 386 g/mol. The fourth-order valence-corrected chi connectivity index (χ4v) is 4.53. The third-order valence-corrected chi connectivity index (χ3v) is 6.12. The Morgan fingerprint density at radius 3 is 2.52 bits per heavy atom. The summed E-state index contributed by atoms with van der Waals surface area (Å²) in [5, 5.41) is 2.90. The Hall–Kier alpha value is -2.18. The molecule has 1 aliphatic rings. The molecule has 27 heavy (non-hydrogen) atoms. The van der Waals surface area contributed by atoms with Gasteiger partial charge in [0.25, 0.3) is 5.91 Å². The van der Waals surface area contributed by atoms with Gasteiger partial charge < -0.3 is 10.2 Å². The minimum Gasteiger partial charge on any atom is -0.322 e. The van der Waals surface area contributed by atoms with E-state index in [1.165, 1.54) is 23.4 Å². The van der Waals surface area contributed by atoms with Crippen molar-refractivity contribution >= 4 is 21.4 Å². The van der Waals surface area contributed by atoms with E-state index in [4.69, 9.17) is 0 Å².